The molecule has 2 aromatic rings. The Morgan fingerprint density at radius 3 is 2.62 bits per heavy atom. The van der Waals surface area contributed by atoms with E-state index in [0.29, 0.717) is 39.2 Å². The first-order valence-electron chi connectivity index (χ1n) is 8.79. The summed E-state index contributed by atoms with van der Waals surface area (Å²) in [7, 11) is 3.22. The number of hydrogen-bond acceptors (Lipinski definition) is 4. The van der Waals surface area contributed by atoms with E-state index >= 15 is 0 Å². The van der Waals surface area contributed by atoms with Crippen molar-refractivity contribution in [3.8, 4) is 5.75 Å². The number of carbonyl (C=O) groups excluding carboxylic acids is 2. The summed E-state index contributed by atoms with van der Waals surface area (Å²) in [5.41, 5.74) is 2.29. The number of ether oxygens (including phenoxy) is 1. The molecule has 0 aliphatic heterocycles. The second kappa shape index (κ2) is 8.71. The number of imidazole rings is 1. The van der Waals surface area contributed by atoms with Gasteiger partial charge >= 0.3 is 0 Å². The molecule has 9 heteroatoms. The fraction of sp³-hybridized carbons (Fsp3) is 0.250. The smallest absolute Gasteiger partial charge is 0.270 e. The molecule has 2 N–H and O–H groups in total. The zero-order valence-electron chi connectivity index (χ0n) is 16.1. The molecule has 0 bridgehead atoms. The third-order valence-electron chi connectivity index (χ3n) is 4.66. The van der Waals surface area contributed by atoms with Crippen LogP contribution < -0.4 is 15.4 Å². The summed E-state index contributed by atoms with van der Waals surface area (Å²) in [6.45, 7) is 1.90. The van der Waals surface area contributed by atoms with Gasteiger partial charge in [-0.05, 0) is 13.0 Å². The molecule has 1 aromatic carbocycles. The largest absolute Gasteiger partial charge is 0.495 e. The van der Waals surface area contributed by atoms with Gasteiger partial charge in [0.15, 0.2) is 0 Å². The molecular formula is C20H20Cl2N4O3. The Labute approximate surface area is 178 Å². The molecule has 152 valence electrons. The Bertz CT molecular complexity index is 1030. The van der Waals surface area contributed by atoms with Crippen molar-refractivity contribution in [1.82, 2.24) is 14.9 Å². The fourth-order valence-corrected chi connectivity index (χ4v) is 3.43. The Balaban J connectivity index is 1.72. The minimum absolute atomic E-state index is 0.255. The molecule has 0 spiro atoms. The molecular weight excluding hydrogens is 415 g/mol. The number of benzene rings is 1. The van der Waals surface area contributed by atoms with E-state index < -0.39 is 0 Å². The zero-order valence-corrected chi connectivity index (χ0v) is 17.6. The van der Waals surface area contributed by atoms with Crippen molar-refractivity contribution in [3.05, 3.63) is 63.7 Å². The van der Waals surface area contributed by atoms with Gasteiger partial charge in [0, 0.05) is 25.1 Å². The number of anilines is 1. The Hall–Kier alpha value is -2.77. The molecule has 3 rings (SSSR count). The van der Waals surface area contributed by atoms with Crippen molar-refractivity contribution in [1.29, 1.82) is 0 Å². The van der Waals surface area contributed by atoms with E-state index in [0.717, 1.165) is 5.57 Å². The van der Waals surface area contributed by atoms with Crippen LogP contribution in [0.2, 0.25) is 10.0 Å². The molecule has 1 aliphatic rings. The van der Waals surface area contributed by atoms with Crippen molar-refractivity contribution >= 4 is 40.7 Å². The Kier molecular flexibility index (Phi) is 6.30. The van der Waals surface area contributed by atoms with Crippen LogP contribution in [0.5, 0.6) is 5.75 Å². The van der Waals surface area contributed by atoms with E-state index in [1.807, 2.05) is 13.0 Å². The van der Waals surface area contributed by atoms with E-state index in [1.54, 1.807) is 30.1 Å². The van der Waals surface area contributed by atoms with Crippen molar-refractivity contribution in [2.45, 2.75) is 19.4 Å². The number of carbonyl (C=O) groups is 2. The van der Waals surface area contributed by atoms with Crippen LogP contribution in [0, 0.1) is 0 Å². The van der Waals surface area contributed by atoms with Gasteiger partial charge in [0.05, 0.1) is 41.4 Å². The second-order valence-electron chi connectivity index (χ2n) is 6.64. The van der Waals surface area contributed by atoms with Gasteiger partial charge in [0.25, 0.3) is 11.8 Å². The molecule has 1 atom stereocenters. The quantitative estimate of drug-likeness (QED) is 0.749. The number of rotatable bonds is 5. The van der Waals surface area contributed by atoms with Crippen molar-refractivity contribution in [2.75, 3.05) is 12.4 Å². The molecule has 7 nitrogen and oxygen atoms in total. The van der Waals surface area contributed by atoms with Gasteiger partial charge < -0.3 is 19.9 Å². The number of nitrogens with one attached hydrogen (secondary N) is 2. The molecule has 0 fully saturated rings. The summed E-state index contributed by atoms with van der Waals surface area (Å²) >= 11 is 12.2. The Morgan fingerprint density at radius 1 is 1.21 bits per heavy atom. The number of amides is 2. The first-order chi connectivity index (χ1) is 13.8. The molecule has 0 saturated heterocycles. The van der Waals surface area contributed by atoms with E-state index in [2.05, 4.69) is 15.6 Å². The summed E-state index contributed by atoms with van der Waals surface area (Å²) in [5, 5.41) is 6.37. The number of hydrogen-bond donors (Lipinski definition) is 2. The normalized spacial score (nSPS) is 16.0. The standard InChI is InChI=1S/C20H20Cl2N4O3/c1-11-4-5-12(6-15(11)24-20(28)17-9-23-10-26(17)2)19(27)25-16-8-18(29-3)14(22)7-13(16)21/h4-5,7-10,15H,6H2,1-3H3,(H,24,28)(H,25,27). The van der Waals surface area contributed by atoms with Gasteiger partial charge in [-0.1, -0.05) is 40.9 Å². The first kappa shape index (κ1) is 21.0. The van der Waals surface area contributed by atoms with Crippen molar-refractivity contribution in [2.24, 2.45) is 7.05 Å². The highest BCUT2D eigenvalue weighted by atomic mass is 35.5. The van der Waals surface area contributed by atoms with Crippen LogP contribution in [0.25, 0.3) is 0 Å². The second-order valence-corrected chi connectivity index (χ2v) is 7.46. The number of methoxy groups -OCH3 is 1. The third kappa shape index (κ3) is 4.63. The highest BCUT2D eigenvalue weighted by Gasteiger charge is 2.24. The lowest BCUT2D eigenvalue weighted by Gasteiger charge is -2.24. The van der Waals surface area contributed by atoms with Crippen LogP contribution in [-0.4, -0.2) is 34.5 Å². The predicted octanol–water partition coefficient (Wildman–Crippen LogP) is 3.75. The zero-order chi connectivity index (χ0) is 21.1. The maximum absolute atomic E-state index is 12.8. The minimum Gasteiger partial charge on any atom is -0.495 e. The van der Waals surface area contributed by atoms with Gasteiger partial charge in [-0.2, -0.15) is 0 Å². The lowest BCUT2D eigenvalue weighted by Crippen LogP contribution is -2.38. The molecule has 0 saturated carbocycles. The van der Waals surface area contributed by atoms with Crippen molar-refractivity contribution in [3.63, 3.8) is 0 Å². The minimum atomic E-state index is -0.320. The predicted molar refractivity (Wildman–Crippen MR) is 113 cm³/mol. The fourth-order valence-electron chi connectivity index (χ4n) is 2.92. The average molecular weight is 435 g/mol. The van der Waals surface area contributed by atoms with Crippen LogP contribution in [0.3, 0.4) is 0 Å². The molecule has 0 radical (unpaired) electrons. The monoisotopic (exact) mass is 434 g/mol. The van der Waals surface area contributed by atoms with Gasteiger partial charge in [0.1, 0.15) is 11.4 Å². The average Bonchev–Trinajstić information content (AvgIpc) is 3.11. The van der Waals surface area contributed by atoms with Gasteiger partial charge in [-0.15, -0.1) is 0 Å². The third-order valence-corrected chi connectivity index (χ3v) is 5.27. The highest BCUT2D eigenvalue weighted by molar-refractivity contribution is 6.37. The number of allylic oxidation sites excluding steroid dienone is 2. The summed E-state index contributed by atoms with van der Waals surface area (Å²) in [6.07, 6.45) is 6.95. The van der Waals surface area contributed by atoms with E-state index in [9.17, 15) is 9.59 Å². The van der Waals surface area contributed by atoms with Gasteiger partial charge in [-0.3, -0.25) is 9.59 Å². The van der Waals surface area contributed by atoms with Gasteiger partial charge in [-0.25, -0.2) is 4.98 Å². The van der Waals surface area contributed by atoms with Crippen LogP contribution in [0.15, 0.2) is 48.0 Å². The van der Waals surface area contributed by atoms with Crippen LogP contribution in [0.1, 0.15) is 23.8 Å². The molecule has 29 heavy (non-hydrogen) atoms. The van der Waals surface area contributed by atoms with Crippen LogP contribution in [0.4, 0.5) is 5.69 Å². The summed E-state index contributed by atoms with van der Waals surface area (Å²) in [5.74, 6) is -0.171. The lowest BCUT2D eigenvalue weighted by molar-refractivity contribution is -0.113. The molecule has 1 unspecified atom stereocenters. The topological polar surface area (TPSA) is 85.2 Å². The Morgan fingerprint density at radius 2 is 1.97 bits per heavy atom. The number of aromatic nitrogens is 2. The molecule has 1 aliphatic carbocycles. The highest BCUT2D eigenvalue weighted by Crippen LogP contribution is 2.34. The maximum Gasteiger partial charge on any atom is 0.270 e. The van der Waals surface area contributed by atoms with E-state index in [1.165, 1.54) is 19.4 Å². The number of nitrogens with zero attached hydrogens (tertiary/aromatic N) is 2. The molecule has 2 amide bonds. The number of halogens is 2. The van der Waals surface area contributed by atoms with Gasteiger partial charge in [0.2, 0.25) is 0 Å². The van der Waals surface area contributed by atoms with E-state index in [-0.39, 0.29) is 17.9 Å². The summed E-state index contributed by atoms with van der Waals surface area (Å²) in [4.78, 5) is 29.2. The van der Waals surface area contributed by atoms with Crippen LogP contribution >= 0.6 is 23.2 Å². The molecule has 1 heterocycles. The maximum atomic E-state index is 12.8. The van der Waals surface area contributed by atoms with Crippen LogP contribution in [-0.2, 0) is 11.8 Å². The van der Waals surface area contributed by atoms with E-state index in [4.69, 9.17) is 27.9 Å². The summed E-state index contributed by atoms with van der Waals surface area (Å²) in [6, 6.07) is 2.76. The SMILES string of the molecule is COc1cc(NC(=O)C2=CC=C(C)C(NC(=O)c3cncn3C)C2)c(Cl)cc1Cl. The number of aryl methyl sites for hydroxylation is 1. The summed E-state index contributed by atoms with van der Waals surface area (Å²) < 4.78 is 6.80. The van der Waals surface area contributed by atoms with Crippen molar-refractivity contribution < 1.29 is 14.3 Å². The lowest BCUT2D eigenvalue weighted by atomic mass is 9.93. The first-order valence-corrected chi connectivity index (χ1v) is 9.54. The molecule has 1 aromatic heterocycles.